The van der Waals surface area contributed by atoms with Gasteiger partial charge in [0.15, 0.2) is 0 Å². The summed E-state index contributed by atoms with van der Waals surface area (Å²) >= 11 is 0. The molecule has 26 heavy (non-hydrogen) atoms. The molecule has 2 N–H and O–H groups in total. The predicted octanol–water partition coefficient (Wildman–Crippen LogP) is 4.54. The molecule has 5 heteroatoms. The predicted molar refractivity (Wildman–Crippen MR) is 105 cm³/mol. The smallest absolute Gasteiger partial charge is 0.270 e. The molecular formula is C21H28N4O. The maximum absolute atomic E-state index is 12.7. The van der Waals surface area contributed by atoms with Gasteiger partial charge in [-0.15, -0.1) is 0 Å². The zero-order valence-corrected chi connectivity index (χ0v) is 15.7. The number of para-hydroxylation sites is 1. The van der Waals surface area contributed by atoms with E-state index in [-0.39, 0.29) is 11.9 Å². The molecule has 0 bridgehead atoms. The first-order valence-electron chi connectivity index (χ1n) is 9.67. The lowest BCUT2D eigenvalue weighted by Crippen LogP contribution is -2.35. The van der Waals surface area contributed by atoms with E-state index in [1.807, 2.05) is 25.1 Å². The molecule has 0 unspecified atom stereocenters. The quantitative estimate of drug-likeness (QED) is 0.775. The monoisotopic (exact) mass is 352 g/mol. The Balaban J connectivity index is 1.75. The molecule has 0 spiro atoms. The van der Waals surface area contributed by atoms with Crippen LogP contribution in [0, 0.1) is 6.92 Å². The van der Waals surface area contributed by atoms with Crippen LogP contribution in [0.2, 0.25) is 0 Å². The highest BCUT2D eigenvalue weighted by Crippen LogP contribution is 2.20. The second-order valence-electron chi connectivity index (χ2n) is 7.02. The van der Waals surface area contributed by atoms with Gasteiger partial charge in [0.25, 0.3) is 5.91 Å². The summed E-state index contributed by atoms with van der Waals surface area (Å²) in [5, 5.41) is 6.43. The van der Waals surface area contributed by atoms with Gasteiger partial charge in [0.2, 0.25) is 5.95 Å². The topological polar surface area (TPSA) is 66.9 Å². The third kappa shape index (κ3) is 4.81. The van der Waals surface area contributed by atoms with Crippen LogP contribution in [0.4, 0.5) is 11.6 Å². The Morgan fingerprint density at radius 2 is 1.85 bits per heavy atom. The Labute approximate surface area is 155 Å². The maximum Gasteiger partial charge on any atom is 0.270 e. The van der Waals surface area contributed by atoms with Crippen molar-refractivity contribution >= 4 is 17.5 Å². The van der Waals surface area contributed by atoms with Crippen LogP contribution >= 0.6 is 0 Å². The number of rotatable bonds is 5. The molecule has 0 radical (unpaired) electrons. The Kier molecular flexibility index (Phi) is 6.21. The van der Waals surface area contributed by atoms with Crippen molar-refractivity contribution in [2.45, 2.75) is 64.8 Å². The van der Waals surface area contributed by atoms with Gasteiger partial charge >= 0.3 is 0 Å². The number of aromatic nitrogens is 2. The first kappa shape index (κ1) is 18.4. The number of aryl methyl sites for hydroxylation is 2. The standard InChI is InChI=1S/C21H28N4O/c1-3-16-10-8-9-13-18(16)24-21-22-15(2)14-19(25-21)20(26)23-17-11-6-4-5-7-12-17/h8-10,13-14,17H,3-7,11-12H2,1-2H3,(H,23,26)(H,22,24,25). The molecule has 2 aromatic rings. The Morgan fingerprint density at radius 3 is 2.58 bits per heavy atom. The zero-order valence-electron chi connectivity index (χ0n) is 15.7. The summed E-state index contributed by atoms with van der Waals surface area (Å²) in [6, 6.07) is 10.1. The molecule has 1 aliphatic rings. The molecule has 0 atom stereocenters. The van der Waals surface area contributed by atoms with Crippen LogP contribution in [0.5, 0.6) is 0 Å². The van der Waals surface area contributed by atoms with Crippen LogP contribution in [0.15, 0.2) is 30.3 Å². The molecule has 1 aliphatic carbocycles. The second kappa shape index (κ2) is 8.79. The number of benzene rings is 1. The number of carbonyl (C=O) groups is 1. The van der Waals surface area contributed by atoms with Gasteiger partial charge in [0.1, 0.15) is 5.69 Å². The number of nitrogens with zero attached hydrogens (tertiary/aromatic N) is 2. The van der Waals surface area contributed by atoms with Crippen LogP contribution in [0.3, 0.4) is 0 Å². The summed E-state index contributed by atoms with van der Waals surface area (Å²) in [6.07, 6.45) is 7.95. The van der Waals surface area contributed by atoms with E-state index in [0.29, 0.717) is 11.6 Å². The summed E-state index contributed by atoms with van der Waals surface area (Å²) in [6.45, 7) is 4.00. The molecular weight excluding hydrogens is 324 g/mol. The van der Waals surface area contributed by atoms with Gasteiger partial charge in [0.05, 0.1) is 0 Å². The van der Waals surface area contributed by atoms with Crippen molar-refractivity contribution in [3.8, 4) is 0 Å². The molecule has 1 fully saturated rings. The van der Waals surface area contributed by atoms with Gasteiger partial charge in [-0.05, 0) is 43.9 Å². The molecule has 0 saturated heterocycles. The summed E-state index contributed by atoms with van der Waals surface area (Å²) < 4.78 is 0. The first-order valence-corrected chi connectivity index (χ1v) is 9.67. The summed E-state index contributed by atoms with van der Waals surface area (Å²) in [5.74, 6) is 0.367. The van der Waals surface area contributed by atoms with Crippen molar-refractivity contribution in [1.82, 2.24) is 15.3 Å². The minimum Gasteiger partial charge on any atom is -0.348 e. The lowest BCUT2D eigenvalue weighted by molar-refractivity contribution is 0.0928. The van der Waals surface area contributed by atoms with E-state index in [2.05, 4.69) is 33.6 Å². The van der Waals surface area contributed by atoms with Gasteiger partial charge in [-0.2, -0.15) is 0 Å². The van der Waals surface area contributed by atoms with Gasteiger partial charge in [-0.3, -0.25) is 4.79 Å². The van der Waals surface area contributed by atoms with Gasteiger partial charge < -0.3 is 10.6 Å². The van der Waals surface area contributed by atoms with Gasteiger partial charge in [0, 0.05) is 17.4 Å². The molecule has 1 saturated carbocycles. The summed E-state index contributed by atoms with van der Waals surface area (Å²) in [5.41, 5.74) is 3.39. The average Bonchev–Trinajstić information content (AvgIpc) is 2.90. The van der Waals surface area contributed by atoms with Crippen molar-refractivity contribution in [2.75, 3.05) is 5.32 Å². The van der Waals surface area contributed by atoms with E-state index in [1.165, 1.54) is 31.2 Å². The van der Waals surface area contributed by atoms with Crippen LogP contribution in [-0.4, -0.2) is 21.9 Å². The third-order valence-electron chi connectivity index (χ3n) is 4.92. The minimum absolute atomic E-state index is 0.103. The molecule has 3 rings (SSSR count). The molecule has 0 aliphatic heterocycles. The molecule has 1 aromatic carbocycles. The second-order valence-corrected chi connectivity index (χ2v) is 7.02. The van der Waals surface area contributed by atoms with E-state index in [9.17, 15) is 4.79 Å². The van der Waals surface area contributed by atoms with Gasteiger partial charge in [-0.25, -0.2) is 9.97 Å². The fourth-order valence-electron chi connectivity index (χ4n) is 3.49. The van der Waals surface area contributed by atoms with Crippen molar-refractivity contribution in [3.05, 3.63) is 47.3 Å². The molecule has 1 heterocycles. The average molecular weight is 352 g/mol. The van der Waals surface area contributed by atoms with Crippen molar-refractivity contribution in [3.63, 3.8) is 0 Å². The zero-order chi connectivity index (χ0) is 18.4. The third-order valence-corrected chi connectivity index (χ3v) is 4.92. The fourth-order valence-corrected chi connectivity index (χ4v) is 3.49. The highest BCUT2D eigenvalue weighted by Gasteiger charge is 2.17. The Bertz CT molecular complexity index is 751. The normalized spacial score (nSPS) is 15.3. The van der Waals surface area contributed by atoms with Crippen LogP contribution in [0.25, 0.3) is 0 Å². The molecule has 1 amide bonds. The van der Waals surface area contributed by atoms with Crippen molar-refractivity contribution in [1.29, 1.82) is 0 Å². The van der Waals surface area contributed by atoms with E-state index in [4.69, 9.17) is 0 Å². The fraction of sp³-hybridized carbons (Fsp3) is 0.476. The maximum atomic E-state index is 12.7. The van der Waals surface area contributed by atoms with E-state index >= 15 is 0 Å². The largest absolute Gasteiger partial charge is 0.348 e. The molecule has 1 aromatic heterocycles. The minimum atomic E-state index is -0.103. The van der Waals surface area contributed by atoms with Gasteiger partial charge in [-0.1, -0.05) is 50.8 Å². The Morgan fingerprint density at radius 1 is 1.12 bits per heavy atom. The first-order chi connectivity index (χ1) is 12.7. The highest BCUT2D eigenvalue weighted by molar-refractivity contribution is 5.92. The van der Waals surface area contributed by atoms with Crippen molar-refractivity contribution in [2.24, 2.45) is 0 Å². The van der Waals surface area contributed by atoms with Crippen LogP contribution in [-0.2, 0) is 6.42 Å². The van der Waals surface area contributed by atoms with Crippen LogP contribution < -0.4 is 10.6 Å². The van der Waals surface area contributed by atoms with E-state index < -0.39 is 0 Å². The number of anilines is 2. The van der Waals surface area contributed by atoms with Crippen molar-refractivity contribution < 1.29 is 4.79 Å². The SMILES string of the molecule is CCc1ccccc1Nc1nc(C)cc(C(=O)NC2CCCCCC2)n1. The summed E-state index contributed by atoms with van der Waals surface area (Å²) in [4.78, 5) is 21.6. The lowest BCUT2D eigenvalue weighted by Gasteiger charge is -2.16. The number of amides is 1. The molecule has 138 valence electrons. The summed E-state index contributed by atoms with van der Waals surface area (Å²) in [7, 11) is 0. The number of carbonyl (C=O) groups excluding carboxylic acids is 1. The number of nitrogens with one attached hydrogen (secondary N) is 2. The lowest BCUT2D eigenvalue weighted by atomic mass is 10.1. The number of hydrogen-bond donors (Lipinski definition) is 2. The van der Waals surface area contributed by atoms with E-state index in [1.54, 1.807) is 6.07 Å². The Hall–Kier alpha value is -2.43. The van der Waals surface area contributed by atoms with E-state index in [0.717, 1.165) is 30.6 Å². The number of hydrogen-bond acceptors (Lipinski definition) is 4. The molecule has 5 nitrogen and oxygen atoms in total. The highest BCUT2D eigenvalue weighted by atomic mass is 16.1. The van der Waals surface area contributed by atoms with Crippen LogP contribution in [0.1, 0.15) is 67.2 Å².